The Bertz CT molecular complexity index is 320. The van der Waals surface area contributed by atoms with E-state index >= 15 is 0 Å². The van der Waals surface area contributed by atoms with Gasteiger partial charge in [-0.1, -0.05) is 0 Å². The summed E-state index contributed by atoms with van der Waals surface area (Å²) in [5, 5.41) is 0. The summed E-state index contributed by atoms with van der Waals surface area (Å²) in [7, 11) is 1.39. The van der Waals surface area contributed by atoms with Crippen LogP contribution < -0.4 is 0 Å². The molecule has 0 aromatic rings. The lowest BCUT2D eigenvalue weighted by Crippen LogP contribution is -2.45. The highest BCUT2D eigenvalue weighted by Gasteiger charge is 2.45. The van der Waals surface area contributed by atoms with Crippen LogP contribution in [0.25, 0.3) is 0 Å². The molecule has 0 radical (unpaired) electrons. The maximum atomic E-state index is 13.8. The van der Waals surface area contributed by atoms with Crippen LogP contribution in [0.2, 0.25) is 0 Å². The van der Waals surface area contributed by atoms with Gasteiger partial charge in [0.05, 0.1) is 31.2 Å². The fourth-order valence-electron chi connectivity index (χ4n) is 2.38. The van der Waals surface area contributed by atoms with Crippen LogP contribution in [-0.2, 0) is 23.8 Å². The molecule has 0 spiro atoms. The van der Waals surface area contributed by atoms with E-state index in [9.17, 15) is 14.0 Å². The molecule has 1 saturated carbocycles. The molecule has 6 heteroatoms. The summed E-state index contributed by atoms with van der Waals surface area (Å²) in [6, 6.07) is 0. The Kier molecular flexibility index (Phi) is 6.21. The molecule has 0 amide bonds. The summed E-state index contributed by atoms with van der Waals surface area (Å²) in [6.45, 7) is 3.79. The Morgan fingerprint density at radius 2 is 1.53 bits per heavy atom. The van der Waals surface area contributed by atoms with Crippen molar-refractivity contribution in [2.45, 2.75) is 39.0 Å². The number of alkyl halides is 1. The maximum absolute atomic E-state index is 13.8. The van der Waals surface area contributed by atoms with Crippen molar-refractivity contribution >= 4 is 11.9 Å². The second-order valence-electron chi connectivity index (χ2n) is 4.48. The molecule has 0 bridgehead atoms. The number of esters is 2. The van der Waals surface area contributed by atoms with E-state index in [4.69, 9.17) is 14.2 Å². The normalized spacial score (nSPS) is 30.7. The molecule has 0 unspecified atom stereocenters. The van der Waals surface area contributed by atoms with Gasteiger partial charge < -0.3 is 14.2 Å². The molecule has 1 rings (SSSR count). The van der Waals surface area contributed by atoms with Crippen LogP contribution in [-0.4, -0.2) is 44.5 Å². The van der Waals surface area contributed by atoms with Gasteiger partial charge in [-0.15, -0.1) is 0 Å². The lowest BCUT2D eigenvalue weighted by atomic mass is 9.77. The number of hydrogen-bond acceptors (Lipinski definition) is 5. The highest BCUT2D eigenvalue weighted by Crippen LogP contribution is 2.35. The first-order chi connectivity index (χ1) is 9.04. The molecule has 0 aromatic heterocycles. The third kappa shape index (κ3) is 3.89. The summed E-state index contributed by atoms with van der Waals surface area (Å²) in [6.07, 6.45) is -1.88. The number of hydrogen-bond donors (Lipinski definition) is 0. The van der Waals surface area contributed by atoms with Crippen molar-refractivity contribution in [2.24, 2.45) is 11.8 Å². The average molecular weight is 276 g/mol. The second-order valence-corrected chi connectivity index (χ2v) is 4.48. The summed E-state index contributed by atoms with van der Waals surface area (Å²) in [4.78, 5) is 23.7. The third-order valence-corrected chi connectivity index (χ3v) is 3.34. The topological polar surface area (TPSA) is 61.8 Å². The molecule has 1 aliphatic rings. The van der Waals surface area contributed by atoms with Gasteiger partial charge in [0.15, 0.2) is 0 Å². The minimum atomic E-state index is -1.27. The number of carbonyl (C=O) groups is 2. The molecule has 5 nitrogen and oxygen atoms in total. The SMILES string of the molecule is CCOC(=O)[C@H]1C[C@H](OC)[C@@H](F)C[C@@H]1C(=O)OCC. The summed E-state index contributed by atoms with van der Waals surface area (Å²) >= 11 is 0. The van der Waals surface area contributed by atoms with Gasteiger partial charge in [-0.25, -0.2) is 4.39 Å². The number of ether oxygens (including phenoxy) is 3. The summed E-state index contributed by atoms with van der Waals surface area (Å²) in [5.41, 5.74) is 0. The van der Waals surface area contributed by atoms with Gasteiger partial charge in [0.2, 0.25) is 0 Å². The fraction of sp³-hybridized carbons (Fsp3) is 0.846. The first-order valence-corrected chi connectivity index (χ1v) is 6.55. The first kappa shape index (κ1) is 15.9. The monoisotopic (exact) mass is 276 g/mol. The Labute approximate surface area is 112 Å². The van der Waals surface area contributed by atoms with Crippen LogP contribution in [0.4, 0.5) is 4.39 Å². The van der Waals surface area contributed by atoms with Crippen LogP contribution in [0, 0.1) is 11.8 Å². The van der Waals surface area contributed by atoms with Crippen molar-refractivity contribution in [2.75, 3.05) is 20.3 Å². The smallest absolute Gasteiger partial charge is 0.309 e. The lowest BCUT2D eigenvalue weighted by Gasteiger charge is -2.34. The van der Waals surface area contributed by atoms with Crippen molar-refractivity contribution in [3.05, 3.63) is 0 Å². The molecule has 19 heavy (non-hydrogen) atoms. The van der Waals surface area contributed by atoms with Gasteiger partial charge >= 0.3 is 11.9 Å². The Morgan fingerprint density at radius 1 is 1.05 bits per heavy atom. The predicted octanol–water partition coefficient (Wildman–Crippen LogP) is 1.49. The van der Waals surface area contributed by atoms with Gasteiger partial charge in [-0.05, 0) is 26.7 Å². The average Bonchev–Trinajstić information content (AvgIpc) is 2.38. The van der Waals surface area contributed by atoms with E-state index in [1.54, 1.807) is 13.8 Å². The van der Waals surface area contributed by atoms with Crippen molar-refractivity contribution in [3.8, 4) is 0 Å². The molecule has 0 aromatic carbocycles. The van der Waals surface area contributed by atoms with Crippen LogP contribution in [0.1, 0.15) is 26.7 Å². The van der Waals surface area contributed by atoms with E-state index in [1.807, 2.05) is 0 Å². The van der Waals surface area contributed by atoms with Gasteiger partial charge in [0.25, 0.3) is 0 Å². The number of rotatable bonds is 5. The largest absolute Gasteiger partial charge is 0.466 e. The highest BCUT2D eigenvalue weighted by molar-refractivity contribution is 5.82. The van der Waals surface area contributed by atoms with E-state index in [1.165, 1.54) is 7.11 Å². The van der Waals surface area contributed by atoms with Gasteiger partial charge in [-0.2, -0.15) is 0 Å². The molecule has 1 fully saturated rings. The minimum absolute atomic E-state index is 0.0686. The maximum Gasteiger partial charge on any atom is 0.309 e. The zero-order valence-corrected chi connectivity index (χ0v) is 11.6. The molecule has 0 heterocycles. The molecule has 1 aliphatic carbocycles. The fourth-order valence-corrected chi connectivity index (χ4v) is 2.38. The van der Waals surface area contributed by atoms with E-state index < -0.39 is 36.1 Å². The van der Waals surface area contributed by atoms with Crippen molar-refractivity contribution in [1.82, 2.24) is 0 Å². The first-order valence-electron chi connectivity index (χ1n) is 6.55. The van der Waals surface area contributed by atoms with Crippen LogP contribution in [0.3, 0.4) is 0 Å². The quantitative estimate of drug-likeness (QED) is 0.712. The van der Waals surface area contributed by atoms with Gasteiger partial charge in [0, 0.05) is 7.11 Å². The van der Waals surface area contributed by atoms with E-state index in [-0.39, 0.29) is 26.1 Å². The molecular weight excluding hydrogens is 255 g/mol. The zero-order valence-electron chi connectivity index (χ0n) is 11.6. The molecule has 0 aliphatic heterocycles. The van der Waals surface area contributed by atoms with E-state index in [0.717, 1.165) is 0 Å². The summed E-state index contributed by atoms with van der Waals surface area (Å²) < 4.78 is 28.7. The molecule has 4 atom stereocenters. The van der Waals surface area contributed by atoms with E-state index in [0.29, 0.717) is 0 Å². The van der Waals surface area contributed by atoms with Crippen molar-refractivity contribution in [3.63, 3.8) is 0 Å². The van der Waals surface area contributed by atoms with Crippen LogP contribution >= 0.6 is 0 Å². The Balaban J connectivity index is 2.83. The Morgan fingerprint density at radius 3 is 1.95 bits per heavy atom. The van der Waals surface area contributed by atoms with Gasteiger partial charge in [-0.3, -0.25) is 9.59 Å². The number of halogens is 1. The third-order valence-electron chi connectivity index (χ3n) is 3.34. The molecular formula is C13H21FO5. The number of methoxy groups -OCH3 is 1. The lowest BCUT2D eigenvalue weighted by molar-refractivity contribution is -0.167. The second kappa shape index (κ2) is 7.43. The van der Waals surface area contributed by atoms with Gasteiger partial charge in [0.1, 0.15) is 6.17 Å². The molecule has 110 valence electrons. The van der Waals surface area contributed by atoms with Crippen LogP contribution in [0.5, 0.6) is 0 Å². The van der Waals surface area contributed by atoms with E-state index in [2.05, 4.69) is 0 Å². The Hall–Kier alpha value is -1.17. The van der Waals surface area contributed by atoms with Crippen molar-refractivity contribution < 1.29 is 28.2 Å². The molecule has 0 saturated heterocycles. The highest BCUT2D eigenvalue weighted by atomic mass is 19.1. The predicted molar refractivity (Wildman–Crippen MR) is 65.2 cm³/mol. The van der Waals surface area contributed by atoms with Crippen molar-refractivity contribution in [1.29, 1.82) is 0 Å². The summed E-state index contributed by atoms with van der Waals surface area (Å²) in [5.74, 6) is -2.52. The standard InChI is InChI=1S/C13H21FO5/c1-4-18-12(15)8-6-10(14)11(17-3)7-9(8)13(16)19-5-2/h8-11H,4-7H2,1-3H3/t8-,9-,10-,11-/m0/s1. The molecule has 0 N–H and O–H groups in total. The minimum Gasteiger partial charge on any atom is -0.466 e. The van der Waals surface area contributed by atoms with Crippen LogP contribution in [0.15, 0.2) is 0 Å². The number of carbonyl (C=O) groups excluding carboxylic acids is 2. The zero-order chi connectivity index (χ0) is 14.4.